The van der Waals surface area contributed by atoms with Gasteiger partial charge in [-0.3, -0.25) is 4.79 Å². The van der Waals surface area contributed by atoms with Crippen molar-refractivity contribution >= 4 is 11.9 Å². The summed E-state index contributed by atoms with van der Waals surface area (Å²) in [7, 11) is 0. The van der Waals surface area contributed by atoms with E-state index in [2.05, 4.69) is 6.92 Å². The zero-order valence-electron chi connectivity index (χ0n) is 17.5. The van der Waals surface area contributed by atoms with Crippen LogP contribution in [-0.4, -0.2) is 56.3 Å². The van der Waals surface area contributed by atoms with Gasteiger partial charge in [-0.25, -0.2) is 4.79 Å². The minimum absolute atomic E-state index is 0.0460. The van der Waals surface area contributed by atoms with Crippen LogP contribution in [0, 0.1) is 28.6 Å². The molecule has 0 aromatic rings. The molecule has 0 amide bonds. The molecule has 4 aliphatic carbocycles. The first-order valence-electron chi connectivity index (χ1n) is 11.3. The molecule has 1 heterocycles. The summed E-state index contributed by atoms with van der Waals surface area (Å²) in [6.07, 6.45) is 5.00. The second-order valence-corrected chi connectivity index (χ2v) is 10.8. The van der Waals surface area contributed by atoms with E-state index in [9.17, 15) is 30.0 Å². The highest BCUT2D eigenvalue weighted by atomic mass is 16.5. The molecule has 0 bridgehead atoms. The second kappa shape index (κ2) is 6.30. The molecule has 1 aliphatic heterocycles. The molecule has 0 aromatic heterocycles. The van der Waals surface area contributed by atoms with Gasteiger partial charge in [0.1, 0.15) is 6.61 Å². The summed E-state index contributed by atoms with van der Waals surface area (Å²) in [5.41, 5.74) is -3.30. The van der Waals surface area contributed by atoms with E-state index in [1.165, 1.54) is 0 Å². The topological polar surface area (TPSA) is 124 Å². The maximum absolute atomic E-state index is 12.7. The monoisotopic (exact) mass is 420 g/mol. The Bertz CT molecular complexity index is 822. The van der Waals surface area contributed by atoms with Gasteiger partial charge < -0.3 is 25.2 Å². The van der Waals surface area contributed by atoms with Crippen LogP contribution in [-0.2, 0) is 14.3 Å². The molecule has 7 nitrogen and oxygen atoms in total. The molecule has 7 heteroatoms. The lowest BCUT2D eigenvalue weighted by molar-refractivity contribution is -0.260. The van der Waals surface area contributed by atoms with Gasteiger partial charge in [0.05, 0.1) is 22.7 Å². The van der Waals surface area contributed by atoms with Gasteiger partial charge in [-0.1, -0.05) is 6.92 Å². The van der Waals surface area contributed by atoms with Crippen LogP contribution in [0.1, 0.15) is 64.7 Å². The number of aliphatic hydroxyl groups is 3. The summed E-state index contributed by atoms with van der Waals surface area (Å²) in [5.74, 6) is -1.82. The van der Waals surface area contributed by atoms with E-state index in [4.69, 9.17) is 4.74 Å². The standard InChI is InChI=1S/C23H32O7/c1-20-6-3-16-17(23(20,29)9-5-15(20)13-10-18(25)30-12-13)4-7-21(28)11-14(24)2-8-22(16,21)19(26)27/h10,14-17,24,28-29H,2-9,11-12H2,1H3,(H,26,27)/t14?,15?,16-,17+,20?,21?,22?,23?/m0/s1. The van der Waals surface area contributed by atoms with E-state index in [0.29, 0.717) is 32.1 Å². The molecule has 4 saturated carbocycles. The van der Waals surface area contributed by atoms with Crippen molar-refractivity contribution in [2.75, 3.05) is 6.61 Å². The van der Waals surface area contributed by atoms with Crippen LogP contribution in [0.3, 0.4) is 0 Å². The number of carboxylic acids is 1. The maximum atomic E-state index is 12.7. The quantitative estimate of drug-likeness (QED) is 0.502. The highest BCUT2D eigenvalue weighted by Crippen LogP contribution is 2.70. The molecule has 166 valence electrons. The van der Waals surface area contributed by atoms with E-state index < -0.39 is 34.1 Å². The SMILES string of the molecule is CC12CC[C@H]3[C@@H](CCC4(O)CC(O)CCC34C(=O)O)C1(O)CCC2C1=CC(=O)OC1. The highest BCUT2D eigenvalue weighted by molar-refractivity contribution is 5.85. The molecule has 4 N–H and O–H groups in total. The van der Waals surface area contributed by atoms with Crippen LogP contribution in [0.4, 0.5) is 0 Å². The fourth-order valence-corrected chi connectivity index (χ4v) is 8.49. The Hall–Kier alpha value is -1.44. The minimum atomic E-state index is -1.44. The number of rotatable bonds is 2. The van der Waals surface area contributed by atoms with Crippen LogP contribution >= 0.6 is 0 Å². The number of esters is 1. The third-order valence-electron chi connectivity index (χ3n) is 9.94. The van der Waals surface area contributed by atoms with Gasteiger partial charge in [0, 0.05) is 17.9 Å². The molecule has 0 saturated heterocycles. The molecule has 4 fully saturated rings. The van der Waals surface area contributed by atoms with E-state index in [1.54, 1.807) is 6.08 Å². The molecule has 5 rings (SSSR count). The first-order valence-corrected chi connectivity index (χ1v) is 11.3. The molecule has 5 aliphatic rings. The number of carboxylic acid groups (broad SMARTS) is 1. The Kier molecular flexibility index (Phi) is 4.30. The third kappa shape index (κ3) is 2.32. The first-order chi connectivity index (χ1) is 14.1. The van der Waals surface area contributed by atoms with E-state index in [-0.39, 0.29) is 49.6 Å². The van der Waals surface area contributed by atoms with Crippen LogP contribution in [0.15, 0.2) is 11.6 Å². The van der Waals surface area contributed by atoms with Crippen molar-refractivity contribution in [1.29, 1.82) is 0 Å². The largest absolute Gasteiger partial charge is 0.481 e. The molecule has 0 aromatic carbocycles. The van der Waals surface area contributed by atoms with Gasteiger partial charge in [-0.15, -0.1) is 0 Å². The van der Waals surface area contributed by atoms with Crippen LogP contribution in [0.25, 0.3) is 0 Å². The zero-order chi connectivity index (χ0) is 21.5. The van der Waals surface area contributed by atoms with Crippen molar-refractivity contribution in [3.8, 4) is 0 Å². The molecule has 0 radical (unpaired) electrons. The smallest absolute Gasteiger partial charge is 0.331 e. The van der Waals surface area contributed by atoms with Crippen molar-refractivity contribution in [3.63, 3.8) is 0 Å². The Morgan fingerprint density at radius 1 is 1.07 bits per heavy atom. The van der Waals surface area contributed by atoms with E-state index in [1.807, 2.05) is 0 Å². The van der Waals surface area contributed by atoms with Crippen LogP contribution < -0.4 is 0 Å². The van der Waals surface area contributed by atoms with Crippen molar-refractivity contribution < 1.29 is 34.8 Å². The Labute approximate surface area is 176 Å². The third-order valence-corrected chi connectivity index (χ3v) is 9.94. The molecule has 0 spiro atoms. The molecular formula is C23H32O7. The summed E-state index contributed by atoms with van der Waals surface area (Å²) < 4.78 is 5.14. The van der Waals surface area contributed by atoms with Crippen LogP contribution in [0.5, 0.6) is 0 Å². The number of carbonyl (C=O) groups is 2. The van der Waals surface area contributed by atoms with Crippen molar-refractivity contribution in [1.82, 2.24) is 0 Å². The van der Waals surface area contributed by atoms with Gasteiger partial charge in [0.2, 0.25) is 0 Å². The fourth-order valence-electron chi connectivity index (χ4n) is 8.49. The highest BCUT2D eigenvalue weighted by Gasteiger charge is 2.73. The predicted octanol–water partition coefficient (Wildman–Crippen LogP) is 1.78. The fraction of sp³-hybridized carbons (Fsp3) is 0.826. The summed E-state index contributed by atoms with van der Waals surface area (Å²) in [6.45, 7) is 2.36. The molecule has 6 unspecified atom stereocenters. The average Bonchev–Trinajstić information content (AvgIpc) is 3.21. The lowest BCUT2D eigenvalue weighted by Crippen LogP contribution is -2.70. The lowest BCUT2D eigenvalue weighted by atomic mass is 9.41. The van der Waals surface area contributed by atoms with Gasteiger partial charge in [0.25, 0.3) is 0 Å². The molecule has 8 atom stereocenters. The van der Waals surface area contributed by atoms with E-state index in [0.717, 1.165) is 12.0 Å². The Morgan fingerprint density at radius 2 is 1.80 bits per heavy atom. The maximum Gasteiger partial charge on any atom is 0.331 e. The number of fused-ring (bicyclic) bond motifs is 5. The number of aliphatic carboxylic acids is 1. The number of carbonyl (C=O) groups excluding carboxylic acids is 1. The number of hydrogen-bond donors (Lipinski definition) is 4. The number of ether oxygens (including phenoxy) is 1. The average molecular weight is 421 g/mol. The number of cyclic esters (lactones) is 1. The zero-order valence-corrected chi connectivity index (χ0v) is 17.5. The van der Waals surface area contributed by atoms with Crippen LogP contribution in [0.2, 0.25) is 0 Å². The van der Waals surface area contributed by atoms with E-state index >= 15 is 0 Å². The Balaban J connectivity index is 1.54. The van der Waals surface area contributed by atoms with Crippen molar-refractivity contribution in [2.45, 2.75) is 82.0 Å². The number of aliphatic hydroxyl groups excluding tert-OH is 1. The predicted molar refractivity (Wildman–Crippen MR) is 105 cm³/mol. The molecular weight excluding hydrogens is 388 g/mol. The van der Waals surface area contributed by atoms with Crippen molar-refractivity contribution in [2.24, 2.45) is 28.6 Å². The Morgan fingerprint density at radius 3 is 2.47 bits per heavy atom. The summed E-state index contributed by atoms with van der Waals surface area (Å²) in [4.78, 5) is 24.3. The first kappa shape index (κ1) is 20.5. The van der Waals surface area contributed by atoms with Gasteiger partial charge in [-0.05, 0) is 74.7 Å². The lowest BCUT2D eigenvalue weighted by Gasteiger charge is -2.65. The van der Waals surface area contributed by atoms with Gasteiger partial charge in [-0.2, -0.15) is 0 Å². The van der Waals surface area contributed by atoms with Crippen molar-refractivity contribution in [3.05, 3.63) is 11.6 Å². The number of hydrogen-bond acceptors (Lipinski definition) is 6. The normalized spacial score (nSPS) is 52.7. The summed E-state index contributed by atoms with van der Waals surface area (Å²) in [6, 6.07) is 0. The second-order valence-electron chi connectivity index (χ2n) is 10.8. The van der Waals surface area contributed by atoms with Gasteiger partial charge in [0.15, 0.2) is 0 Å². The summed E-state index contributed by atoms with van der Waals surface area (Å²) in [5, 5.41) is 44.1. The molecule has 30 heavy (non-hydrogen) atoms. The minimum Gasteiger partial charge on any atom is -0.481 e. The summed E-state index contributed by atoms with van der Waals surface area (Å²) >= 11 is 0. The van der Waals surface area contributed by atoms with Gasteiger partial charge >= 0.3 is 11.9 Å².